The maximum Gasteiger partial charge on any atom is 0.308 e. The third-order valence-corrected chi connectivity index (χ3v) is 1.99. The lowest BCUT2D eigenvalue weighted by Crippen LogP contribution is -1.97. The van der Waals surface area contributed by atoms with Gasteiger partial charge in [0.25, 0.3) is 0 Å². The van der Waals surface area contributed by atoms with Gasteiger partial charge in [0.1, 0.15) is 5.76 Å². The van der Waals surface area contributed by atoms with E-state index in [4.69, 9.17) is 4.74 Å². The predicted octanol–water partition coefficient (Wildman–Crippen LogP) is 2.91. The fourth-order valence-corrected chi connectivity index (χ4v) is 1.41. The van der Waals surface area contributed by atoms with Gasteiger partial charge in [-0.25, -0.2) is 0 Å². The molecule has 1 aromatic rings. The third-order valence-electron chi connectivity index (χ3n) is 1.54. The van der Waals surface area contributed by atoms with Gasteiger partial charge in [-0.15, -0.1) is 11.8 Å². The van der Waals surface area contributed by atoms with Crippen LogP contribution in [0.2, 0.25) is 0 Å². The number of ether oxygens (including phenoxy) is 1. The highest BCUT2D eigenvalue weighted by Crippen LogP contribution is 2.18. The summed E-state index contributed by atoms with van der Waals surface area (Å²) in [4.78, 5) is 10.8. The average molecular weight is 208 g/mol. The molecule has 14 heavy (non-hydrogen) atoms. The van der Waals surface area contributed by atoms with Crippen LogP contribution in [0.25, 0.3) is 5.76 Å². The van der Waals surface area contributed by atoms with E-state index in [1.807, 2.05) is 42.0 Å². The van der Waals surface area contributed by atoms with E-state index in [2.05, 4.69) is 0 Å². The first-order valence-corrected chi connectivity index (χ1v) is 5.49. The number of esters is 1. The number of hydrogen-bond donors (Lipinski definition) is 0. The van der Waals surface area contributed by atoms with Crippen LogP contribution in [-0.2, 0) is 9.53 Å². The molecule has 0 aliphatic carbocycles. The summed E-state index contributed by atoms with van der Waals surface area (Å²) in [5.74, 6) is 0.305. The van der Waals surface area contributed by atoms with Gasteiger partial charge in [0.15, 0.2) is 0 Å². The molecule has 74 valence electrons. The van der Waals surface area contributed by atoms with Gasteiger partial charge in [-0.1, -0.05) is 30.3 Å². The molecular formula is C11H12O2S. The quantitative estimate of drug-likeness (QED) is 0.564. The Morgan fingerprint density at radius 2 is 2.00 bits per heavy atom. The largest absolute Gasteiger partial charge is 0.426 e. The summed E-state index contributed by atoms with van der Waals surface area (Å²) in [5, 5.41) is 1.82. The zero-order chi connectivity index (χ0) is 10.4. The molecule has 1 rings (SSSR count). The molecule has 0 atom stereocenters. The summed E-state index contributed by atoms with van der Waals surface area (Å²) < 4.78 is 5.08. The maximum atomic E-state index is 10.8. The minimum Gasteiger partial charge on any atom is -0.426 e. The molecule has 1 aromatic carbocycles. The zero-order valence-electron chi connectivity index (χ0n) is 8.19. The minimum atomic E-state index is -0.297. The van der Waals surface area contributed by atoms with Crippen LogP contribution in [0.5, 0.6) is 0 Å². The molecule has 0 aromatic heterocycles. The molecule has 0 saturated heterocycles. The van der Waals surface area contributed by atoms with E-state index in [1.165, 1.54) is 18.7 Å². The van der Waals surface area contributed by atoms with Crippen LogP contribution in [-0.4, -0.2) is 12.2 Å². The predicted molar refractivity (Wildman–Crippen MR) is 59.7 cm³/mol. The zero-order valence-corrected chi connectivity index (χ0v) is 9.01. The summed E-state index contributed by atoms with van der Waals surface area (Å²) in [6.07, 6.45) is 1.92. The summed E-state index contributed by atoms with van der Waals surface area (Å²) in [7, 11) is 0. The van der Waals surface area contributed by atoms with Gasteiger partial charge in [-0.2, -0.15) is 0 Å². The molecule has 0 amide bonds. The van der Waals surface area contributed by atoms with E-state index < -0.39 is 0 Å². The molecule has 0 saturated carbocycles. The van der Waals surface area contributed by atoms with Crippen molar-refractivity contribution in [2.45, 2.75) is 6.92 Å². The van der Waals surface area contributed by atoms with Gasteiger partial charge in [0.05, 0.1) is 0 Å². The Morgan fingerprint density at radius 1 is 1.36 bits per heavy atom. The highest BCUT2D eigenvalue weighted by molar-refractivity contribution is 8.01. The van der Waals surface area contributed by atoms with E-state index in [9.17, 15) is 4.79 Å². The number of carbonyl (C=O) groups excluding carboxylic acids is 1. The summed E-state index contributed by atoms with van der Waals surface area (Å²) in [6, 6.07) is 9.56. The molecule has 0 bridgehead atoms. The number of thioether (sulfide) groups is 1. The Bertz CT molecular complexity index is 330. The standard InChI is InChI=1S/C11H12O2S/c1-9(12)13-11(8-14-2)10-6-4-3-5-7-10/h3-8H,1-2H3/b11-8-. The molecule has 0 aliphatic rings. The Morgan fingerprint density at radius 3 is 2.50 bits per heavy atom. The minimum absolute atomic E-state index is 0.297. The lowest BCUT2D eigenvalue weighted by atomic mass is 10.2. The fraction of sp³-hybridized carbons (Fsp3) is 0.182. The Hall–Kier alpha value is -1.22. The van der Waals surface area contributed by atoms with Crippen LogP contribution in [0.15, 0.2) is 35.7 Å². The van der Waals surface area contributed by atoms with Crippen LogP contribution in [0.1, 0.15) is 12.5 Å². The van der Waals surface area contributed by atoms with Crippen molar-refractivity contribution in [3.63, 3.8) is 0 Å². The van der Waals surface area contributed by atoms with Crippen LogP contribution in [0.4, 0.5) is 0 Å². The van der Waals surface area contributed by atoms with E-state index in [1.54, 1.807) is 0 Å². The second-order valence-electron chi connectivity index (χ2n) is 2.68. The average Bonchev–Trinajstić information content (AvgIpc) is 2.18. The number of benzene rings is 1. The molecule has 0 N–H and O–H groups in total. The van der Waals surface area contributed by atoms with Crippen molar-refractivity contribution < 1.29 is 9.53 Å². The molecule has 3 heteroatoms. The van der Waals surface area contributed by atoms with Crippen molar-refractivity contribution >= 4 is 23.5 Å². The van der Waals surface area contributed by atoms with Crippen molar-refractivity contribution in [1.29, 1.82) is 0 Å². The molecule has 0 unspecified atom stereocenters. The van der Waals surface area contributed by atoms with Gasteiger partial charge < -0.3 is 4.74 Å². The van der Waals surface area contributed by atoms with Crippen LogP contribution >= 0.6 is 11.8 Å². The highest BCUT2D eigenvalue weighted by atomic mass is 32.2. The summed E-state index contributed by atoms with van der Waals surface area (Å²) >= 11 is 1.51. The van der Waals surface area contributed by atoms with Gasteiger partial charge in [0, 0.05) is 17.9 Å². The second kappa shape index (κ2) is 5.50. The first-order valence-electron chi connectivity index (χ1n) is 4.21. The molecule has 0 fully saturated rings. The third kappa shape index (κ3) is 3.26. The van der Waals surface area contributed by atoms with Crippen molar-refractivity contribution in [3.8, 4) is 0 Å². The van der Waals surface area contributed by atoms with Crippen LogP contribution in [0.3, 0.4) is 0 Å². The van der Waals surface area contributed by atoms with Gasteiger partial charge in [-0.3, -0.25) is 4.79 Å². The Balaban J connectivity index is 2.89. The molecule has 0 spiro atoms. The first kappa shape index (κ1) is 10.9. The van der Waals surface area contributed by atoms with Crippen molar-refractivity contribution in [2.75, 3.05) is 6.26 Å². The first-order chi connectivity index (χ1) is 6.74. The Labute approximate surface area is 88.0 Å². The number of carbonyl (C=O) groups is 1. The van der Waals surface area contributed by atoms with E-state index in [0.717, 1.165) is 5.56 Å². The molecule has 2 nitrogen and oxygen atoms in total. The van der Waals surface area contributed by atoms with E-state index in [0.29, 0.717) is 5.76 Å². The van der Waals surface area contributed by atoms with Crippen molar-refractivity contribution in [1.82, 2.24) is 0 Å². The van der Waals surface area contributed by atoms with Gasteiger partial charge >= 0.3 is 5.97 Å². The van der Waals surface area contributed by atoms with Gasteiger partial charge in [-0.05, 0) is 6.26 Å². The SMILES string of the molecule is CS/C=C(\OC(C)=O)c1ccccc1. The monoisotopic (exact) mass is 208 g/mol. The molecule has 0 aliphatic heterocycles. The molecular weight excluding hydrogens is 196 g/mol. The lowest BCUT2D eigenvalue weighted by Gasteiger charge is -2.05. The summed E-state index contributed by atoms with van der Waals surface area (Å²) in [5.41, 5.74) is 0.914. The van der Waals surface area contributed by atoms with Crippen LogP contribution in [0, 0.1) is 0 Å². The van der Waals surface area contributed by atoms with Crippen molar-refractivity contribution in [3.05, 3.63) is 41.3 Å². The van der Waals surface area contributed by atoms with E-state index in [-0.39, 0.29) is 5.97 Å². The van der Waals surface area contributed by atoms with E-state index >= 15 is 0 Å². The lowest BCUT2D eigenvalue weighted by molar-refractivity contribution is -0.134. The van der Waals surface area contributed by atoms with Gasteiger partial charge in [0.2, 0.25) is 0 Å². The maximum absolute atomic E-state index is 10.8. The second-order valence-corrected chi connectivity index (χ2v) is 3.38. The Kier molecular flexibility index (Phi) is 4.26. The molecule has 0 heterocycles. The normalized spacial score (nSPS) is 11.1. The highest BCUT2D eigenvalue weighted by Gasteiger charge is 2.04. The number of hydrogen-bond acceptors (Lipinski definition) is 3. The topological polar surface area (TPSA) is 26.3 Å². The smallest absolute Gasteiger partial charge is 0.308 e. The molecule has 0 radical (unpaired) electrons. The summed E-state index contributed by atoms with van der Waals surface area (Å²) in [6.45, 7) is 1.40. The number of rotatable bonds is 3. The fourth-order valence-electron chi connectivity index (χ4n) is 1.02. The van der Waals surface area contributed by atoms with Crippen molar-refractivity contribution in [2.24, 2.45) is 0 Å². The van der Waals surface area contributed by atoms with Crippen LogP contribution < -0.4 is 0 Å².